The Morgan fingerprint density at radius 2 is 2.23 bits per heavy atom. The van der Waals surface area contributed by atoms with E-state index in [1.165, 1.54) is 18.0 Å². The number of anilines is 1. The van der Waals surface area contributed by atoms with Crippen LogP contribution in [0.2, 0.25) is 0 Å². The maximum Gasteiger partial charge on any atom is 0.213 e. The molecule has 0 atom stereocenters. The molecule has 0 aromatic carbocycles. The molecule has 1 heterocycles. The molecule has 1 rings (SSSR count). The van der Waals surface area contributed by atoms with Crippen molar-refractivity contribution in [3.05, 3.63) is 24.0 Å². The molecule has 0 aliphatic heterocycles. The summed E-state index contributed by atoms with van der Waals surface area (Å²) in [6.45, 7) is 1.45. The molecule has 1 aromatic rings. The van der Waals surface area contributed by atoms with Gasteiger partial charge in [0.1, 0.15) is 5.69 Å². The SMILES string of the molecule is CC(=O)c1ccc(N(C)C=O)cn1. The second-order valence-electron chi connectivity index (χ2n) is 2.67. The van der Waals surface area contributed by atoms with E-state index in [0.29, 0.717) is 17.8 Å². The van der Waals surface area contributed by atoms with Gasteiger partial charge in [-0.1, -0.05) is 0 Å². The van der Waals surface area contributed by atoms with Gasteiger partial charge in [0.25, 0.3) is 0 Å². The third-order valence-corrected chi connectivity index (χ3v) is 1.67. The molecule has 1 aromatic heterocycles. The average molecular weight is 178 g/mol. The van der Waals surface area contributed by atoms with Crippen molar-refractivity contribution in [2.45, 2.75) is 6.92 Å². The Bertz CT molecular complexity index is 319. The lowest BCUT2D eigenvalue weighted by atomic mass is 10.2. The zero-order valence-corrected chi connectivity index (χ0v) is 7.52. The van der Waals surface area contributed by atoms with Gasteiger partial charge in [-0.15, -0.1) is 0 Å². The van der Waals surface area contributed by atoms with E-state index in [9.17, 15) is 9.59 Å². The zero-order chi connectivity index (χ0) is 9.84. The predicted molar refractivity (Wildman–Crippen MR) is 48.7 cm³/mol. The first-order valence-corrected chi connectivity index (χ1v) is 3.80. The smallest absolute Gasteiger partial charge is 0.213 e. The number of carbonyl (C=O) groups is 2. The summed E-state index contributed by atoms with van der Waals surface area (Å²) in [5.74, 6) is -0.0830. The van der Waals surface area contributed by atoms with E-state index < -0.39 is 0 Å². The van der Waals surface area contributed by atoms with Crippen LogP contribution in [0, 0.1) is 0 Å². The lowest BCUT2D eigenvalue weighted by molar-refractivity contribution is -0.107. The number of ketones is 1. The highest BCUT2D eigenvalue weighted by Gasteiger charge is 2.02. The molecule has 0 N–H and O–H groups in total. The van der Waals surface area contributed by atoms with E-state index in [1.807, 2.05) is 0 Å². The fourth-order valence-corrected chi connectivity index (χ4v) is 0.864. The van der Waals surface area contributed by atoms with Crippen LogP contribution in [0.4, 0.5) is 5.69 Å². The molecule has 68 valence electrons. The quantitative estimate of drug-likeness (QED) is 0.510. The van der Waals surface area contributed by atoms with Gasteiger partial charge in [0.2, 0.25) is 6.41 Å². The van der Waals surface area contributed by atoms with Crippen LogP contribution in [0.1, 0.15) is 17.4 Å². The first kappa shape index (κ1) is 9.38. The van der Waals surface area contributed by atoms with Crippen molar-refractivity contribution in [3.63, 3.8) is 0 Å². The summed E-state index contributed by atoms with van der Waals surface area (Å²) in [7, 11) is 1.62. The number of hydrogen-bond donors (Lipinski definition) is 0. The van der Waals surface area contributed by atoms with Gasteiger partial charge in [0.15, 0.2) is 5.78 Å². The van der Waals surface area contributed by atoms with Gasteiger partial charge in [-0.3, -0.25) is 14.6 Å². The lowest BCUT2D eigenvalue weighted by Gasteiger charge is -2.09. The monoisotopic (exact) mass is 178 g/mol. The maximum absolute atomic E-state index is 10.9. The second kappa shape index (κ2) is 3.80. The molecule has 0 aliphatic carbocycles. The highest BCUT2D eigenvalue weighted by Crippen LogP contribution is 2.09. The Kier molecular flexibility index (Phi) is 2.74. The number of hydrogen-bond acceptors (Lipinski definition) is 3. The molecule has 0 saturated heterocycles. The molecule has 0 radical (unpaired) electrons. The van der Waals surface area contributed by atoms with Gasteiger partial charge < -0.3 is 4.90 Å². The number of carbonyl (C=O) groups excluding carboxylic acids is 2. The largest absolute Gasteiger partial charge is 0.317 e. The van der Waals surface area contributed by atoms with E-state index in [0.717, 1.165) is 0 Å². The molecule has 4 nitrogen and oxygen atoms in total. The van der Waals surface area contributed by atoms with Gasteiger partial charge in [-0.2, -0.15) is 0 Å². The summed E-state index contributed by atoms with van der Waals surface area (Å²) in [5, 5.41) is 0. The van der Waals surface area contributed by atoms with Gasteiger partial charge in [0.05, 0.1) is 11.9 Å². The number of pyridine rings is 1. The number of nitrogens with zero attached hydrogens (tertiary/aromatic N) is 2. The molecule has 4 heteroatoms. The Morgan fingerprint density at radius 3 is 2.62 bits per heavy atom. The van der Waals surface area contributed by atoms with Gasteiger partial charge in [0, 0.05) is 14.0 Å². The molecule has 0 spiro atoms. The van der Waals surface area contributed by atoms with Crippen LogP contribution in [0.5, 0.6) is 0 Å². The number of Topliss-reactive ketones (excluding diaryl/α,β-unsaturated/α-hetero) is 1. The molecular weight excluding hydrogens is 168 g/mol. The van der Waals surface area contributed by atoms with Crippen LogP contribution < -0.4 is 4.90 Å². The first-order valence-electron chi connectivity index (χ1n) is 3.80. The highest BCUT2D eigenvalue weighted by molar-refractivity contribution is 5.92. The molecule has 1 amide bonds. The lowest BCUT2D eigenvalue weighted by Crippen LogP contribution is -2.14. The van der Waals surface area contributed by atoms with E-state index in [4.69, 9.17) is 0 Å². The second-order valence-corrected chi connectivity index (χ2v) is 2.67. The third-order valence-electron chi connectivity index (χ3n) is 1.67. The van der Waals surface area contributed by atoms with Crippen LogP contribution >= 0.6 is 0 Å². The van der Waals surface area contributed by atoms with Crippen LogP contribution in [0.25, 0.3) is 0 Å². The minimum Gasteiger partial charge on any atom is -0.317 e. The fraction of sp³-hybridized carbons (Fsp3) is 0.222. The molecule has 0 saturated carbocycles. The normalized spacial score (nSPS) is 9.38. The van der Waals surface area contributed by atoms with E-state index in [-0.39, 0.29) is 5.78 Å². The van der Waals surface area contributed by atoms with Crippen molar-refractivity contribution < 1.29 is 9.59 Å². The maximum atomic E-state index is 10.9. The third kappa shape index (κ3) is 2.11. The van der Waals surface area contributed by atoms with E-state index in [2.05, 4.69) is 4.98 Å². The van der Waals surface area contributed by atoms with E-state index >= 15 is 0 Å². The van der Waals surface area contributed by atoms with Crippen molar-refractivity contribution >= 4 is 17.9 Å². The van der Waals surface area contributed by atoms with Crippen molar-refractivity contribution in [1.82, 2.24) is 4.98 Å². The fourth-order valence-electron chi connectivity index (χ4n) is 0.864. The Labute approximate surface area is 76.2 Å². The molecule has 0 bridgehead atoms. The Hall–Kier alpha value is -1.71. The first-order chi connectivity index (χ1) is 6.15. The van der Waals surface area contributed by atoms with Gasteiger partial charge in [-0.25, -0.2) is 0 Å². The van der Waals surface area contributed by atoms with E-state index in [1.54, 1.807) is 19.2 Å². The minimum absolute atomic E-state index is 0.0830. The summed E-state index contributed by atoms with van der Waals surface area (Å²) >= 11 is 0. The van der Waals surface area contributed by atoms with Crippen molar-refractivity contribution in [2.24, 2.45) is 0 Å². The Balaban J connectivity index is 2.93. The standard InChI is InChI=1S/C9H10N2O2/c1-7(13)9-4-3-8(5-10-9)11(2)6-12/h3-6H,1-2H3. The van der Waals surface area contributed by atoms with Gasteiger partial charge in [-0.05, 0) is 12.1 Å². The topological polar surface area (TPSA) is 50.3 Å². The zero-order valence-electron chi connectivity index (χ0n) is 7.52. The van der Waals surface area contributed by atoms with Crippen molar-refractivity contribution in [3.8, 4) is 0 Å². The molecule has 0 aliphatic rings. The van der Waals surface area contributed by atoms with Crippen LogP contribution in [0.3, 0.4) is 0 Å². The van der Waals surface area contributed by atoms with Crippen LogP contribution in [-0.4, -0.2) is 24.2 Å². The summed E-state index contributed by atoms with van der Waals surface area (Å²) < 4.78 is 0. The van der Waals surface area contributed by atoms with Crippen LogP contribution in [-0.2, 0) is 4.79 Å². The minimum atomic E-state index is -0.0830. The number of aromatic nitrogens is 1. The Morgan fingerprint density at radius 1 is 1.54 bits per heavy atom. The summed E-state index contributed by atoms with van der Waals surface area (Å²) in [4.78, 5) is 26.5. The molecular formula is C9H10N2O2. The van der Waals surface area contributed by atoms with Crippen molar-refractivity contribution in [2.75, 3.05) is 11.9 Å². The highest BCUT2D eigenvalue weighted by atomic mass is 16.1. The van der Waals surface area contributed by atoms with Crippen molar-refractivity contribution in [1.29, 1.82) is 0 Å². The molecule has 0 fully saturated rings. The number of rotatable bonds is 3. The average Bonchev–Trinajstić information content (AvgIpc) is 2.17. The molecule has 13 heavy (non-hydrogen) atoms. The predicted octanol–water partition coefficient (Wildman–Crippen LogP) is 0.877. The van der Waals surface area contributed by atoms with Crippen LogP contribution in [0.15, 0.2) is 18.3 Å². The summed E-state index contributed by atoms with van der Waals surface area (Å²) in [6, 6.07) is 3.27. The summed E-state index contributed by atoms with van der Waals surface area (Å²) in [5.41, 5.74) is 1.07. The number of amides is 1. The van der Waals surface area contributed by atoms with Gasteiger partial charge >= 0.3 is 0 Å². The summed E-state index contributed by atoms with van der Waals surface area (Å²) in [6.07, 6.45) is 2.18. The molecule has 0 unspecified atom stereocenters.